The minimum Gasteiger partial charge on any atom is -0.292 e. The van der Waals surface area contributed by atoms with E-state index in [-0.39, 0.29) is 0 Å². The first kappa shape index (κ1) is 11.8. The average Bonchev–Trinajstić information content (AvgIpc) is 2.81. The van der Waals surface area contributed by atoms with Gasteiger partial charge in [0.2, 0.25) is 5.95 Å². The van der Waals surface area contributed by atoms with Crippen LogP contribution < -0.4 is 11.3 Å². The van der Waals surface area contributed by atoms with Gasteiger partial charge < -0.3 is 0 Å². The zero-order chi connectivity index (χ0) is 12.3. The molecule has 0 radical (unpaired) electrons. The molecule has 0 fully saturated rings. The van der Waals surface area contributed by atoms with E-state index in [9.17, 15) is 0 Å². The minimum atomic E-state index is 0.327. The number of thioether (sulfide) groups is 1. The SMILES string of the molecule is CC(C)Sc1nc(NN)nc(-n2cccn2)n1. The summed E-state index contributed by atoms with van der Waals surface area (Å²) in [5, 5.41) is 5.07. The van der Waals surface area contributed by atoms with Gasteiger partial charge in [-0.1, -0.05) is 25.6 Å². The van der Waals surface area contributed by atoms with Crippen molar-refractivity contribution in [2.24, 2.45) is 5.84 Å². The quantitative estimate of drug-likeness (QED) is 0.472. The summed E-state index contributed by atoms with van der Waals surface area (Å²) in [5.74, 6) is 6.10. The molecule has 0 spiro atoms. The Balaban J connectivity index is 2.38. The highest BCUT2D eigenvalue weighted by atomic mass is 32.2. The molecule has 2 aromatic heterocycles. The van der Waals surface area contributed by atoms with Gasteiger partial charge in [-0.05, 0) is 6.07 Å². The maximum Gasteiger partial charge on any atom is 0.256 e. The second-order valence-corrected chi connectivity index (χ2v) is 5.05. The Labute approximate surface area is 103 Å². The fraction of sp³-hybridized carbons (Fsp3) is 0.333. The van der Waals surface area contributed by atoms with Crippen molar-refractivity contribution in [3.8, 4) is 5.95 Å². The number of rotatable bonds is 4. The van der Waals surface area contributed by atoms with Gasteiger partial charge in [-0.3, -0.25) is 5.43 Å². The molecular weight excluding hydrogens is 238 g/mol. The van der Waals surface area contributed by atoms with Crippen molar-refractivity contribution in [3.05, 3.63) is 18.5 Å². The molecule has 0 aliphatic rings. The number of hydrazine groups is 1. The van der Waals surface area contributed by atoms with E-state index in [0.717, 1.165) is 0 Å². The monoisotopic (exact) mass is 251 g/mol. The van der Waals surface area contributed by atoms with Crippen LogP contribution in [0.4, 0.5) is 5.95 Å². The van der Waals surface area contributed by atoms with Crippen LogP contribution >= 0.6 is 11.8 Å². The lowest BCUT2D eigenvalue weighted by atomic mass is 10.6. The fourth-order valence-electron chi connectivity index (χ4n) is 1.16. The minimum absolute atomic E-state index is 0.327. The third kappa shape index (κ3) is 2.92. The van der Waals surface area contributed by atoms with Crippen LogP contribution in [-0.2, 0) is 0 Å². The first-order chi connectivity index (χ1) is 8.19. The lowest BCUT2D eigenvalue weighted by Gasteiger charge is -2.07. The number of hydrogen-bond acceptors (Lipinski definition) is 7. The lowest BCUT2D eigenvalue weighted by molar-refractivity contribution is 0.759. The average molecular weight is 251 g/mol. The Morgan fingerprint density at radius 2 is 2.18 bits per heavy atom. The summed E-state index contributed by atoms with van der Waals surface area (Å²) in [4.78, 5) is 12.6. The highest BCUT2D eigenvalue weighted by molar-refractivity contribution is 7.99. The highest BCUT2D eigenvalue weighted by Crippen LogP contribution is 2.20. The smallest absolute Gasteiger partial charge is 0.256 e. The number of nitrogens with two attached hydrogens (primary N) is 1. The van der Waals surface area contributed by atoms with E-state index < -0.39 is 0 Å². The molecule has 2 rings (SSSR count). The van der Waals surface area contributed by atoms with Crippen LogP contribution in [-0.4, -0.2) is 30.0 Å². The zero-order valence-electron chi connectivity index (χ0n) is 9.53. The van der Waals surface area contributed by atoms with Crippen molar-refractivity contribution in [1.82, 2.24) is 24.7 Å². The summed E-state index contributed by atoms with van der Waals surface area (Å²) < 4.78 is 1.56. The summed E-state index contributed by atoms with van der Waals surface area (Å²) in [6, 6.07) is 1.80. The largest absolute Gasteiger partial charge is 0.292 e. The van der Waals surface area contributed by atoms with Crippen LogP contribution in [0.5, 0.6) is 0 Å². The second-order valence-electron chi connectivity index (χ2n) is 3.50. The molecule has 90 valence electrons. The van der Waals surface area contributed by atoms with Crippen LogP contribution in [0.25, 0.3) is 5.95 Å². The molecule has 7 nitrogen and oxygen atoms in total. The number of nitrogen functional groups attached to an aromatic ring is 1. The predicted molar refractivity (Wildman–Crippen MR) is 65.8 cm³/mol. The number of aromatic nitrogens is 5. The van der Waals surface area contributed by atoms with Crippen molar-refractivity contribution in [1.29, 1.82) is 0 Å². The molecule has 0 amide bonds. The van der Waals surface area contributed by atoms with Gasteiger partial charge in [-0.25, -0.2) is 10.5 Å². The molecule has 0 aromatic carbocycles. The van der Waals surface area contributed by atoms with Gasteiger partial charge in [0.1, 0.15) is 0 Å². The van der Waals surface area contributed by atoms with Gasteiger partial charge in [0.25, 0.3) is 5.95 Å². The normalized spacial score (nSPS) is 10.8. The topological polar surface area (TPSA) is 94.5 Å². The van der Waals surface area contributed by atoms with Crippen molar-refractivity contribution in [3.63, 3.8) is 0 Å². The molecule has 17 heavy (non-hydrogen) atoms. The van der Waals surface area contributed by atoms with Gasteiger partial charge in [0.05, 0.1) is 0 Å². The van der Waals surface area contributed by atoms with Crippen LogP contribution in [0.3, 0.4) is 0 Å². The van der Waals surface area contributed by atoms with E-state index >= 15 is 0 Å². The van der Waals surface area contributed by atoms with Crippen LogP contribution in [0, 0.1) is 0 Å². The van der Waals surface area contributed by atoms with Gasteiger partial charge in [0, 0.05) is 17.6 Å². The van der Waals surface area contributed by atoms with E-state index in [1.807, 2.05) is 0 Å². The number of nitrogens with zero attached hydrogens (tertiary/aromatic N) is 5. The second kappa shape index (κ2) is 5.11. The van der Waals surface area contributed by atoms with Crippen LogP contribution in [0.15, 0.2) is 23.6 Å². The third-order valence-electron chi connectivity index (χ3n) is 1.78. The molecule has 0 aliphatic carbocycles. The summed E-state index contributed by atoms with van der Waals surface area (Å²) in [5.41, 5.74) is 2.43. The molecule has 0 unspecified atom stereocenters. The van der Waals surface area contributed by atoms with E-state index in [1.54, 1.807) is 34.9 Å². The molecule has 2 aromatic rings. The van der Waals surface area contributed by atoms with E-state index in [4.69, 9.17) is 5.84 Å². The third-order valence-corrected chi connectivity index (χ3v) is 2.65. The van der Waals surface area contributed by atoms with Crippen molar-refractivity contribution in [2.45, 2.75) is 24.3 Å². The van der Waals surface area contributed by atoms with Crippen LogP contribution in [0.2, 0.25) is 0 Å². The fourth-order valence-corrected chi connectivity index (χ4v) is 1.86. The van der Waals surface area contributed by atoms with Gasteiger partial charge in [-0.15, -0.1) is 0 Å². The Hall–Kier alpha value is -1.67. The first-order valence-corrected chi connectivity index (χ1v) is 5.96. The molecule has 2 heterocycles. The van der Waals surface area contributed by atoms with Crippen LogP contribution in [0.1, 0.15) is 13.8 Å². The molecule has 0 aliphatic heterocycles. The number of anilines is 1. The lowest BCUT2D eigenvalue weighted by Crippen LogP contribution is -2.14. The molecule has 8 heteroatoms. The Kier molecular flexibility index (Phi) is 3.55. The van der Waals surface area contributed by atoms with Crippen molar-refractivity contribution < 1.29 is 0 Å². The Bertz CT molecular complexity index is 482. The highest BCUT2D eigenvalue weighted by Gasteiger charge is 2.09. The first-order valence-electron chi connectivity index (χ1n) is 5.08. The van der Waals surface area contributed by atoms with Crippen molar-refractivity contribution in [2.75, 3.05) is 5.43 Å². The van der Waals surface area contributed by atoms with E-state index in [0.29, 0.717) is 22.3 Å². The maximum absolute atomic E-state index is 5.33. The molecule has 0 atom stereocenters. The summed E-state index contributed by atoms with van der Waals surface area (Å²) in [7, 11) is 0. The summed E-state index contributed by atoms with van der Waals surface area (Å²) >= 11 is 1.54. The van der Waals surface area contributed by atoms with Gasteiger partial charge in [-0.2, -0.15) is 20.1 Å². The van der Waals surface area contributed by atoms with Gasteiger partial charge >= 0.3 is 0 Å². The zero-order valence-corrected chi connectivity index (χ0v) is 10.3. The summed E-state index contributed by atoms with van der Waals surface area (Å²) in [6.07, 6.45) is 3.42. The molecule has 0 bridgehead atoms. The standard InChI is InChI=1S/C9H13N7S/c1-6(2)17-9-13-7(15-10)12-8(14-9)16-5-3-4-11-16/h3-6H,10H2,1-2H3,(H,12,13,14,15). The number of nitrogens with one attached hydrogen (secondary N) is 1. The molecule has 3 N–H and O–H groups in total. The number of hydrogen-bond donors (Lipinski definition) is 2. The van der Waals surface area contributed by atoms with Gasteiger partial charge in [0.15, 0.2) is 5.16 Å². The Morgan fingerprint density at radius 1 is 1.35 bits per heavy atom. The molecule has 0 saturated carbocycles. The molecule has 0 saturated heterocycles. The Morgan fingerprint density at radius 3 is 2.76 bits per heavy atom. The van der Waals surface area contributed by atoms with Crippen molar-refractivity contribution >= 4 is 17.7 Å². The maximum atomic E-state index is 5.33. The molecular formula is C9H13N7S. The summed E-state index contributed by atoms with van der Waals surface area (Å²) in [6.45, 7) is 4.13. The van der Waals surface area contributed by atoms with E-state index in [2.05, 4.69) is 39.3 Å². The predicted octanol–water partition coefficient (Wildman–Crippen LogP) is 0.843. The van der Waals surface area contributed by atoms with E-state index in [1.165, 1.54) is 0 Å².